The summed E-state index contributed by atoms with van der Waals surface area (Å²) < 4.78 is 14.9. The molecule has 9 heteroatoms. The Hall–Kier alpha value is -3.76. The maximum atomic E-state index is 12.7. The fraction of sp³-hybridized carbons (Fsp3) is 0.375. The molecule has 41 heavy (non-hydrogen) atoms. The van der Waals surface area contributed by atoms with Crippen LogP contribution >= 0.6 is 0 Å². The van der Waals surface area contributed by atoms with Gasteiger partial charge in [-0.25, -0.2) is 4.79 Å². The number of rotatable bonds is 7. The summed E-state index contributed by atoms with van der Waals surface area (Å²) in [5.74, 6) is -0.118. The lowest BCUT2D eigenvalue weighted by Crippen LogP contribution is -2.43. The maximum Gasteiger partial charge on any atom is 0.326 e. The average molecular weight is 557 g/mol. The molecule has 4 aromatic rings. The van der Waals surface area contributed by atoms with Crippen LogP contribution in [0.4, 0.5) is 5.69 Å². The number of para-hydroxylation sites is 2. The lowest BCUT2D eigenvalue weighted by Gasteiger charge is -2.40. The summed E-state index contributed by atoms with van der Waals surface area (Å²) in [6.07, 6.45) is 1.73. The Morgan fingerprint density at radius 2 is 1.68 bits per heavy atom. The van der Waals surface area contributed by atoms with Crippen molar-refractivity contribution in [2.24, 2.45) is 0 Å². The zero-order valence-corrected chi connectivity index (χ0v) is 23.2. The monoisotopic (exact) mass is 556 g/mol. The topological polar surface area (TPSA) is 109 Å². The lowest BCUT2D eigenvalue weighted by atomic mass is 9.98. The van der Waals surface area contributed by atoms with Gasteiger partial charge in [-0.3, -0.25) is 9.36 Å². The predicted octanol–water partition coefficient (Wildman–Crippen LogP) is 4.66. The molecule has 0 bridgehead atoms. The van der Waals surface area contributed by atoms with Crippen molar-refractivity contribution in [2.45, 2.75) is 57.3 Å². The second-order valence-electron chi connectivity index (χ2n) is 11.0. The number of nitrogens with one attached hydrogen (secondary N) is 2. The van der Waals surface area contributed by atoms with Crippen molar-refractivity contribution < 1.29 is 19.4 Å². The highest BCUT2D eigenvalue weighted by Crippen LogP contribution is 2.39. The van der Waals surface area contributed by atoms with E-state index < -0.39 is 6.29 Å². The van der Waals surface area contributed by atoms with Gasteiger partial charge < -0.3 is 29.8 Å². The number of H-pyrrole nitrogens is 1. The van der Waals surface area contributed by atoms with Crippen LogP contribution in [0.1, 0.15) is 61.3 Å². The van der Waals surface area contributed by atoms with E-state index in [-0.39, 0.29) is 36.5 Å². The summed E-state index contributed by atoms with van der Waals surface area (Å²) in [6.45, 7) is 4.01. The van der Waals surface area contributed by atoms with Crippen LogP contribution in [0.2, 0.25) is 0 Å². The zero-order chi connectivity index (χ0) is 28.3. The maximum absolute atomic E-state index is 12.7. The van der Waals surface area contributed by atoms with Crippen molar-refractivity contribution >= 4 is 22.6 Å². The summed E-state index contributed by atoms with van der Waals surface area (Å²) in [6, 6.07) is 23.5. The zero-order valence-electron chi connectivity index (χ0n) is 23.2. The van der Waals surface area contributed by atoms with Crippen LogP contribution in [-0.4, -0.2) is 51.2 Å². The number of carbonyl (C=O) groups is 1. The van der Waals surface area contributed by atoms with Crippen LogP contribution in [0.5, 0.6) is 0 Å². The molecule has 0 unspecified atom stereocenters. The molecule has 2 aliphatic heterocycles. The molecular formula is C32H36N4O5. The molecular weight excluding hydrogens is 520 g/mol. The molecule has 3 aromatic carbocycles. The second kappa shape index (κ2) is 12.0. The Morgan fingerprint density at radius 1 is 0.976 bits per heavy atom. The van der Waals surface area contributed by atoms with E-state index in [1.165, 1.54) is 6.92 Å². The minimum absolute atomic E-state index is 0.00143. The number of fused-ring (bicyclic) bond motifs is 1. The first-order valence-corrected chi connectivity index (χ1v) is 14.3. The normalized spacial score (nSPS) is 22.1. The number of likely N-dealkylation sites (tertiary alicyclic amines) is 1. The molecule has 2 aliphatic rings. The van der Waals surface area contributed by atoms with Crippen LogP contribution in [0, 0.1) is 0 Å². The first-order chi connectivity index (χ1) is 20.0. The van der Waals surface area contributed by atoms with E-state index in [0.29, 0.717) is 6.42 Å². The van der Waals surface area contributed by atoms with E-state index in [9.17, 15) is 14.7 Å². The molecule has 0 aliphatic carbocycles. The van der Waals surface area contributed by atoms with E-state index in [2.05, 4.69) is 15.2 Å². The molecule has 214 valence electrons. The molecule has 2 saturated heterocycles. The fourth-order valence-electron chi connectivity index (χ4n) is 6.04. The smallest absolute Gasteiger partial charge is 0.326 e. The second-order valence-corrected chi connectivity index (χ2v) is 11.0. The average Bonchev–Trinajstić information content (AvgIpc) is 3.33. The molecule has 3 heterocycles. The molecule has 6 rings (SSSR count). The number of anilines is 1. The highest BCUT2D eigenvalue weighted by molar-refractivity contribution is 5.88. The van der Waals surface area contributed by atoms with Crippen LogP contribution in [0.3, 0.4) is 0 Å². The molecule has 3 atom stereocenters. The Balaban J connectivity index is 1.16. The first-order valence-electron chi connectivity index (χ1n) is 14.3. The number of ether oxygens (including phenoxy) is 2. The van der Waals surface area contributed by atoms with Crippen LogP contribution in [-0.2, 0) is 20.9 Å². The largest absolute Gasteiger partial charge is 0.392 e. The van der Waals surface area contributed by atoms with Crippen molar-refractivity contribution in [2.75, 3.05) is 25.0 Å². The van der Waals surface area contributed by atoms with E-state index in [1.807, 2.05) is 77.4 Å². The standard InChI is InChI=1S/C32H36N4O5/c1-21(38)33-25-12-10-24(11-13-25)31-40-27(18-30(41-31)23-8-6-22(20-37)7-9-23)19-35-16-14-26(15-17-35)36-29-5-3-2-4-28(29)34-32(36)39/h2-13,26-27,30-31,37H,14-20H2,1H3,(H,33,38)(H,34,39)/t27-,30+,31+/m1/s1. The van der Waals surface area contributed by atoms with Crippen LogP contribution in [0.15, 0.2) is 77.6 Å². The highest BCUT2D eigenvalue weighted by Gasteiger charge is 2.34. The lowest BCUT2D eigenvalue weighted by molar-refractivity contribution is -0.253. The van der Waals surface area contributed by atoms with Crippen molar-refractivity contribution in [1.82, 2.24) is 14.5 Å². The Labute approximate surface area is 238 Å². The number of aromatic nitrogens is 2. The van der Waals surface area contributed by atoms with Gasteiger partial charge in [0.2, 0.25) is 5.91 Å². The number of piperidine rings is 1. The summed E-state index contributed by atoms with van der Waals surface area (Å²) >= 11 is 0. The molecule has 0 spiro atoms. The third kappa shape index (κ3) is 6.13. The van der Waals surface area contributed by atoms with Gasteiger partial charge in [0.1, 0.15) is 0 Å². The summed E-state index contributed by atoms with van der Waals surface area (Å²) in [7, 11) is 0. The van der Waals surface area contributed by atoms with Crippen molar-refractivity contribution in [1.29, 1.82) is 0 Å². The Morgan fingerprint density at radius 3 is 2.39 bits per heavy atom. The summed E-state index contributed by atoms with van der Waals surface area (Å²) in [5.41, 5.74) is 5.32. The number of nitrogens with zero attached hydrogens (tertiary/aromatic N) is 2. The highest BCUT2D eigenvalue weighted by atomic mass is 16.7. The van der Waals surface area contributed by atoms with Crippen molar-refractivity contribution in [3.63, 3.8) is 0 Å². The van der Waals surface area contributed by atoms with Gasteiger partial charge in [-0.05, 0) is 48.2 Å². The molecule has 0 radical (unpaired) electrons. The minimum atomic E-state index is -0.551. The molecule has 2 fully saturated rings. The molecule has 3 N–H and O–H groups in total. The van der Waals surface area contributed by atoms with Gasteiger partial charge >= 0.3 is 5.69 Å². The molecule has 0 saturated carbocycles. The minimum Gasteiger partial charge on any atom is -0.392 e. The number of aromatic amines is 1. The molecule has 1 aromatic heterocycles. The number of benzene rings is 3. The number of carbonyl (C=O) groups excluding carboxylic acids is 1. The Bertz CT molecular complexity index is 1540. The van der Waals surface area contributed by atoms with Gasteiger partial charge in [0.15, 0.2) is 6.29 Å². The first kappa shape index (κ1) is 27.4. The summed E-state index contributed by atoms with van der Waals surface area (Å²) in [4.78, 5) is 29.6. The third-order valence-electron chi connectivity index (χ3n) is 8.13. The summed E-state index contributed by atoms with van der Waals surface area (Å²) in [5, 5.41) is 12.3. The van der Waals surface area contributed by atoms with Gasteiger partial charge in [0.05, 0.1) is 29.8 Å². The molecule has 9 nitrogen and oxygen atoms in total. The quantitative estimate of drug-likeness (QED) is 0.306. The van der Waals surface area contributed by atoms with Gasteiger partial charge in [-0.15, -0.1) is 0 Å². The number of aliphatic hydroxyl groups is 1. The number of imidazole rings is 1. The predicted molar refractivity (Wildman–Crippen MR) is 156 cm³/mol. The fourth-order valence-corrected chi connectivity index (χ4v) is 6.04. The van der Waals surface area contributed by atoms with E-state index in [0.717, 1.165) is 65.9 Å². The SMILES string of the molecule is CC(=O)Nc1ccc([C@H]2O[C@@H](CN3CCC(n4c(=O)[nH]c5ccccc54)CC3)C[C@@H](c3ccc(CO)cc3)O2)cc1. The van der Waals surface area contributed by atoms with Gasteiger partial charge in [0.25, 0.3) is 0 Å². The van der Waals surface area contributed by atoms with E-state index in [4.69, 9.17) is 9.47 Å². The van der Waals surface area contributed by atoms with Crippen LogP contribution < -0.4 is 11.0 Å². The van der Waals surface area contributed by atoms with Gasteiger partial charge in [0, 0.05) is 50.3 Å². The van der Waals surface area contributed by atoms with E-state index >= 15 is 0 Å². The van der Waals surface area contributed by atoms with Crippen LogP contribution in [0.25, 0.3) is 11.0 Å². The number of aliphatic hydroxyl groups excluding tert-OH is 1. The van der Waals surface area contributed by atoms with Gasteiger partial charge in [-0.2, -0.15) is 0 Å². The Kier molecular flexibility index (Phi) is 8.02. The van der Waals surface area contributed by atoms with Gasteiger partial charge in [-0.1, -0.05) is 48.5 Å². The van der Waals surface area contributed by atoms with E-state index in [1.54, 1.807) is 0 Å². The van der Waals surface area contributed by atoms with Crippen molar-refractivity contribution in [3.05, 3.63) is 100.0 Å². The third-order valence-corrected chi connectivity index (χ3v) is 8.13. The number of amides is 1. The van der Waals surface area contributed by atoms with Crippen molar-refractivity contribution in [3.8, 4) is 0 Å². The number of hydrogen-bond acceptors (Lipinski definition) is 6. The molecule has 1 amide bonds. The number of hydrogen-bond donors (Lipinski definition) is 3.